The summed E-state index contributed by atoms with van der Waals surface area (Å²) in [5.74, 6) is -0.467. The number of hydrogen-bond acceptors (Lipinski definition) is 6. The average molecular weight is 453 g/mol. The smallest absolute Gasteiger partial charge is 0.245 e. The fraction of sp³-hybridized carbons (Fsp3) is 0.304. The average Bonchev–Trinajstić information content (AvgIpc) is 3.48. The second kappa shape index (κ2) is 8.96. The highest BCUT2D eigenvalue weighted by Crippen LogP contribution is 2.43. The van der Waals surface area contributed by atoms with Gasteiger partial charge < -0.3 is 19.6 Å². The van der Waals surface area contributed by atoms with Crippen molar-refractivity contribution in [3.05, 3.63) is 64.0 Å². The van der Waals surface area contributed by atoms with Gasteiger partial charge in [0.05, 0.1) is 18.5 Å². The Morgan fingerprint density at radius 1 is 1.25 bits per heavy atom. The molecule has 1 aliphatic heterocycles. The van der Waals surface area contributed by atoms with E-state index in [4.69, 9.17) is 4.52 Å². The number of anilines is 2. The van der Waals surface area contributed by atoms with Crippen molar-refractivity contribution in [3.8, 4) is 0 Å². The minimum Gasteiger partial charge on any atom is -0.360 e. The van der Waals surface area contributed by atoms with Gasteiger partial charge in [-0.15, -0.1) is 11.3 Å². The molecule has 1 aromatic carbocycles. The second-order valence-electron chi connectivity index (χ2n) is 7.94. The van der Waals surface area contributed by atoms with Crippen molar-refractivity contribution in [1.82, 2.24) is 10.1 Å². The molecule has 1 fully saturated rings. The van der Waals surface area contributed by atoms with Gasteiger partial charge in [0.25, 0.3) is 0 Å². The lowest BCUT2D eigenvalue weighted by Crippen LogP contribution is -2.40. The van der Waals surface area contributed by atoms with Gasteiger partial charge in [-0.3, -0.25) is 14.4 Å². The number of aryl methyl sites for hydroxylation is 2. The van der Waals surface area contributed by atoms with E-state index in [1.54, 1.807) is 24.9 Å². The van der Waals surface area contributed by atoms with E-state index in [9.17, 15) is 14.4 Å². The maximum atomic E-state index is 13.4. The number of carbonyl (C=O) groups is 3. The summed E-state index contributed by atoms with van der Waals surface area (Å²) in [5.41, 5.74) is 1.85. The van der Waals surface area contributed by atoms with Gasteiger partial charge in [-0.2, -0.15) is 0 Å². The van der Waals surface area contributed by atoms with E-state index in [-0.39, 0.29) is 30.7 Å². The first-order chi connectivity index (χ1) is 15.3. The molecular formula is C23H24N4O4S. The van der Waals surface area contributed by atoms with Gasteiger partial charge in [0.15, 0.2) is 5.82 Å². The second-order valence-corrected chi connectivity index (χ2v) is 8.91. The first kappa shape index (κ1) is 21.8. The van der Waals surface area contributed by atoms with Gasteiger partial charge in [-0.25, -0.2) is 0 Å². The third-order valence-corrected chi connectivity index (χ3v) is 6.38. The van der Waals surface area contributed by atoms with Gasteiger partial charge in [-0.05, 0) is 37.4 Å². The van der Waals surface area contributed by atoms with E-state index in [0.29, 0.717) is 11.6 Å². The summed E-state index contributed by atoms with van der Waals surface area (Å²) in [6.07, 6.45) is 0.0870. The molecule has 1 saturated heterocycles. The number of nitrogens with zero attached hydrogens (tertiary/aromatic N) is 3. The van der Waals surface area contributed by atoms with E-state index >= 15 is 0 Å². The summed E-state index contributed by atoms with van der Waals surface area (Å²) >= 11 is 1.51. The molecule has 0 spiro atoms. The zero-order chi connectivity index (χ0) is 22.8. The Balaban J connectivity index is 1.54. The lowest BCUT2D eigenvalue weighted by molar-refractivity contribution is -0.137. The Kier molecular flexibility index (Phi) is 6.09. The Hall–Kier alpha value is -3.46. The van der Waals surface area contributed by atoms with Crippen LogP contribution in [0.5, 0.6) is 0 Å². The van der Waals surface area contributed by atoms with E-state index in [1.165, 1.54) is 16.2 Å². The van der Waals surface area contributed by atoms with Crippen molar-refractivity contribution < 1.29 is 18.9 Å². The number of hydrogen-bond donors (Lipinski definition) is 1. The molecule has 32 heavy (non-hydrogen) atoms. The largest absolute Gasteiger partial charge is 0.360 e. The van der Waals surface area contributed by atoms with Crippen molar-refractivity contribution in [3.63, 3.8) is 0 Å². The molecule has 3 heterocycles. The lowest BCUT2D eigenvalue weighted by Gasteiger charge is -2.29. The third-order valence-electron chi connectivity index (χ3n) is 5.44. The van der Waals surface area contributed by atoms with Crippen molar-refractivity contribution >= 4 is 40.6 Å². The van der Waals surface area contributed by atoms with Crippen LogP contribution in [0.4, 0.5) is 11.5 Å². The predicted molar refractivity (Wildman–Crippen MR) is 121 cm³/mol. The topological polar surface area (TPSA) is 95.8 Å². The molecule has 2 unspecified atom stereocenters. The van der Waals surface area contributed by atoms with E-state index < -0.39 is 12.0 Å². The van der Waals surface area contributed by atoms with Crippen LogP contribution in [0.2, 0.25) is 0 Å². The number of amides is 3. The molecule has 4 rings (SSSR count). The molecule has 3 aromatic rings. The summed E-state index contributed by atoms with van der Waals surface area (Å²) in [7, 11) is 1.57. The normalized spacial score (nSPS) is 18.1. The Labute approximate surface area is 189 Å². The molecule has 9 heteroatoms. The van der Waals surface area contributed by atoms with Crippen LogP contribution >= 0.6 is 11.3 Å². The van der Waals surface area contributed by atoms with Gasteiger partial charge in [0, 0.05) is 30.1 Å². The molecule has 3 amide bonds. The summed E-state index contributed by atoms with van der Waals surface area (Å²) in [4.78, 5) is 42.8. The van der Waals surface area contributed by atoms with E-state index in [1.807, 2.05) is 48.7 Å². The molecule has 0 radical (unpaired) electrons. The SMILES string of the molecule is Cc1ccc(N2C(=O)CC(C(=O)N(C)CC(=O)Nc3cc(C)on3)C2c2cccs2)cc1. The molecule has 0 aliphatic carbocycles. The Morgan fingerprint density at radius 2 is 2.00 bits per heavy atom. The number of likely N-dealkylation sites (N-methyl/N-ethyl adjacent to an activating group) is 1. The van der Waals surface area contributed by atoms with Crippen molar-refractivity contribution in [2.75, 3.05) is 23.8 Å². The molecule has 8 nitrogen and oxygen atoms in total. The molecular weight excluding hydrogens is 428 g/mol. The quantitative estimate of drug-likeness (QED) is 0.617. The first-order valence-corrected chi connectivity index (χ1v) is 11.1. The van der Waals surface area contributed by atoms with Crippen LogP contribution < -0.4 is 10.2 Å². The number of thiophene rings is 1. The standard InChI is InChI=1S/C23H24N4O4S/c1-14-6-8-16(9-7-14)27-21(29)12-17(22(27)18-5-4-10-32-18)23(30)26(3)13-20(28)24-19-11-15(2)31-25-19/h4-11,17,22H,12-13H2,1-3H3,(H,24,25,28). The van der Waals surface area contributed by atoms with Crippen LogP contribution in [0, 0.1) is 19.8 Å². The minimum atomic E-state index is -0.588. The zero-order valence-corrected chi connectivity index (χ0v) is 18.9. The number of carbonyl (C=O) groups excluding carboxylic acids is 3. The molecule has 2 aromatic heterocycles. The summed E-state index contributed by atoms with van der Waals surface area (Å²) in [5, 5.41) is 8.28. The molecule has 1 N–H and O–H groups in total. The van der Waals surface area contributed by atoms with Crippen LogP contribution in [-0.4, -0.2) is 41.4 Å². The highest BCUT2D eigenvalue weighted by molar-refractivity contribution is 7.10. The first-order valence-electron chi connectivity index (χ1n) is 10.2. The Morgan fingerprint density at radius 3 is 2.62 bits per heavy atom. The number of benzene rings is 1. The summed E-state index contributed by atoms with van der Waals surface area (Å²) in [6, 6.07) is 12.7. The van der Waals surface area contributed by atoms with Crippen LogP contribution in [0.15, 0.2) is 52.4 Å². The van der Waals surface area contributed by atoms with Crippen molar-refractivity contribution in [1.29, 1.82) is 0 Å². The summed E-state index contributed by atoms with van der Waals surface area (Å²) in [6.45, 7) is 3.55. The van der Waals surface area contributed by atoms with Gasteiger partial charge in [0.1, 0.15) is 5.76 Å². The van der Waals surface area contributed by atoms with E-state index in [0.717, 1.165) is 16.1 Å². The molecule has 1 aliphatic rings. The molecule has 2 atom stereocenters. The number of rotatable bonds is 6. The van der Waals surface area contributed by atoms with Crippen molar-refractivity contribution in [2.24, 2.45) is 5.92 Å². The van der Waals surface area contributed by atoms with Crippen LogP contribution in [-0.2, 0) is 14.4 Å². The zero-order valence-electron chi connectivity index (χ0n) is 18.1. The van der Waals surface area contributed by atoms with Crippen LogP contribution in [0.1, 0.15) is 28.7 Å². The van der Waals surface area contributed by atoms with Gasteiger partial charge in [0.2, 0.25) is 17.7 Å². The fourth-order valence-corrected chi connectivity index (χ4v) is 4.82. The molecule has 166 valence electrons. The molecule has 0 bridgehead atoms. The number of nitrogens with one attached hydrogen (secondary N) is 1. The maximum absolute atomic E-state index is 13.4. The Bertz CT molecular complexity index is 1120. The molecule has 0 saturated carbocycles. The highest BCUT2D eigenvalue weighted by Gasteiger charge is 2.46. The van der Waals surface area contributed by atoms with E-state index in [2.05, 4.69) is 10.5 Å². The predicted octanol–water partition coefficient (Wildman–Crippen LogP) is 3.54. The van der Waals surface area contributed by atoms with Gasteiger partial charge in [-0.1, -0.05) is 28.9 Å². The van der Waals surface area contributed by atoms with Crippen LogP contribution in [0.3, 0.4) is 0 Å². The van der Waals surface area contributed by atoms with Gasteiger partial charge >= 0.3 is 0 Å². The number of aromatic nitrogens is 1. The third kappa shape index (κ3) is 4.43. The monoisotopic (exact) mass is 452 g/mol. The highest BCUT2D eigenvalue weighted by atomic mass is 32.1. The minimum absolute atomic E-state index is 0.0870. The van der Waals surface area contributed by atoms with Crippen molar-refractivity contribution in [2.45, 2.75) is 26.3 Å². The summed E-state index contributed by atoms with van der Waals surface area (Å²) < 4.78 is 4.94. The fourth-order valence-electron chi connectivity index (χ4n) is 3.93. The van der Waals surface area contributed by atoms with Crippen LogP contribution in [0.25, 0.3) is 0 Å². The maximum Gasteiger partial charge on any atom is 0.245 e. The lowest BCUT2D eigenvalue weighted by atomic mass is 9.97.